The van der Waals surface area contributed by atoms with Gasteiger partial charge in [0, 0.05) is 5.56 Å². The summed E-state index contributed by atoms with van der Waals surface area (Å²) in [6, 6.07) is 3.06. The van der Waals surface area contributed by atoms with E-state index in [1.54, 1.807) is 0 Å². The summed E-state index contributed by atoms with van der Waals surface area (Å²) in [4.78, 5) is 23.4. The largest absolute Gasteiger partial charge is 0.465 e. The van der Waals surface area contributed by atoms with Gasteiger partial charge in [0.25, 0.3) is 0 Å². The highest BCUT2D eigenvalue weighted by atomic mass is 19.1. The molecule has 4 nitrogen and oxygen atoms in total. The van der Waals surface area contributed by atoms with Crippen LogP contribution in [0.5, 0.6) is 0 Å². The molecule has 0 spiro atoms. The third-order valence-electron chi connectivity index (χ3n) is 2.33. The molecule has 1 aromatic rings. The van der Waals surface area contributed by atoms with E-state index in [-0.39, 0.29) is 13.2 Å². The van der Waals surface area contributed by atoms with Gasteiger partial charge in [-0.2, -0.15) is 0 Å². The molecule has 0 aromatic heterocycles. The van der Waals surface area contributed by atoms with Crippen LogP contribution in [0.2, 0.25) is 0 Å². The molecular weight excluding hydrogens is 258 g/mol. The Morgan fingerprint density at radius 3 is 1.84 bits per heavy atom. The number of esters is 2. The Balaban J connectivity index is 3.23. The lowest BCUT2D eigenvalue weighted by Crippen LogP contribution is -2.28. The second-order valence-electron chi connectivity index (χ2n) is 3.57. The molecule has 0 heterocycles. The summed E-state index contributed by atoms with van der Waals surface area (Å²) in [6.45, 7) is 3.03. The van der Waals surface area contributed by atoms with Crippen LogP contribution in [0, 0.1) is 11.6 Å². The fraction of sp³-hybridized carbons (Fsp3) is 0.385. The smallest absolute Gasteiger partial charge is 0.325 e. The number of carbonyl (C=O) groups excluding carboxylic acids is 2. The van der Waals surface area contributed by atoms with Gasteiger partial charge in [-0.3, -0.25) is 9.59 Å². The van der Waals surface area contributed by atoms with Gasteiger partial charge < -0.3 is 9.47 Å². The first-order valence-electron chi connectivity index (χ1n) is 5.80. The molecule has 0 fully saturated rings. The fourth-order valence-electron chi connectivity index (χ4n) is 1.57. The Kier molecular flexibility index (Phi) is 5.41. The summed E-state index contributed by atoms with van der Waals surface area (Å²) in [6.07, 6.45) is 0. The van der Waals surface area contributed by atoms with Gasteiger partial charge >= 0.3 is 11.9 Å². The van der Waals surface area contributed by atoms with E-state index in [1.807, 2.05) is 0 Å². The summed E-state index contributed by atoms with van der Waals surface area (Å²) in [7, 11) is 0. The molecule has 104 valence electrons. The molecule has 0 aliphatic carbocycles. The minimum atomic E-state index is -1.75. The number of hydrogen-bond acceptors (Lipinski definition) is 4. The van der Waals surface area contributed by atoms with Crippen LogP contribution in [-0.2, 0) is 19.1 Å². The van der Waals surface area contributed by atoms with Gasteiger partial charge in [0.05, 0.1) is 13.2 Å². The van der Waals surface area contributed by atoms with Crippen molar-refractivity contribution in [3.05, 3.63) is 35.4 Å². The number of rotatable bonds is 5. The van der Waals surface area contributed by atoms with Crippen LogP contribution in [-0.4, -0.2) is 25.2 Å². The maximum Gasteiger partial charge on any atom is 0.325 e. The summed E-state index contributed by atoms with van der Waals surface area (Å²) in [5.74, 6) is -5.81. The van der Waals surface area contributed by atoms with Gasteiger partial charge in [0.15, 0.2) is 5.92 Å². The minimum absolute atomic E-state index is 0.00912. The van der Waals surface area contributed by atoms with Crippen LogP contribution in [0.3, 0.4) is 0 Å². The first-order chi connectivity index (χ1) is 9.02. The van der Waals surface area contributed by atoms with Crippen molar-refractivity contribution in [3.63, 3.8) is 0 Å². The van der Waals surface area contributed by atoms with Crippen LogP contribution in [0.15, 0.2) is 18.2 Å². The first kappa shape index (κ1) is 15.1. The highest BCUT2D eigenvalue weighted by Crippen LogP contribution is 2.25. The Labute approximate surface area is 109 Å². The third-order valence-corrected chi connectivity index (χ3v) is 2.33. The molecule has 19 heavy (non-hydrogen) atoms. The second-order valence-corrected chi connectivity index (χ2v) is 3.57. The Hall–Kier alpha value is -1.98. The zero-order valence-electron chi connectivity index (χ0n) is 10.6. The number of hydrogen-bond donors (Lipinski definition) is 0. The Morgan fingerprint density at radius 2 is 1.47 bits per heavy atom. The number of carbonyl (C=O) groups is 2. The van der Waals surface area contributed by atoms with E-state index >= 15 is 0 Å². The predicted octanol–water partition coefficient (Wildman–Crippen LogP) is 2.17. The lowest BCUT2D eigenvalue weighted by atomic mass is 9.98. The highest BCUT2D eigenvalue weighted by Gasteiger charge is 2.36. The highest BCUT2D eigenvalue weighted by molar-refractivity contribution is 6.00. The SMILES string of the molecule is CCOC(=O)C(C(=O)OCC)c1c(F)cccc1F. The topological polar surface area (TPSA) is 52.6 Å². The molecular formula is C13H14F2O4. The molecule has 6 heteroatoms. The maximum atomic E-state index is 13.6. The van der Waals surface area contributed by atoms with E-state index in [1.165, 1.54) is 13.8 Å². The van der Waals surface area contributed by atoms with E-state index in [0.29, 0.717) is 0 Å². The van der Waals surface area contributed by atoms with Crippen LogP contribution in [0.1, 0.15) is 25.3 Å². The van der Waals surface area contributed by atoms with Gasteiger partial charge in [-0.05, 0) is 26.0 Å². The quantitative estimate of drug-likeness (QED) is 0.609. The molecule has 0 atom stereocenters. The summed E-state index contributed by atoms with van der Waals surface area (Å²) >= 11 is 0. The average Bonchev–Trinajstić information content (AvgIpc) is 2.34. The van der Waals surface area contributed by atoms with Crippen molar-refractivity contribution < 1.29 is 27.8 Å². The molecule has 0 N–H and O–H groups in total. The van der Waals surface area contributed by atoms with Gasteiger partial charge in [0.2, 0.25) is 0 Å². The summed E-state index contributed by atoms with van der Waals surface area (Å²) in [5, 5.41) is 0. The average molecular weight is 272 g/mol. The molecule has 0 saturated carbocycles. The molecule has 1 rings (SSSR count). The minimum Gasteiger partial charge on any atom is -0.465 e. The van der Waals surface area contributed by atoms with Gasteiger partial charge in [-0.1, -0.05) is 6.07 Å². The monoisotopic (exact) mass is 272 g/mol. The standard InChI is InChI=1S/C13H14F2O4/c1-3-18-12(16)11(13(17)19-4-2)10-8(14)6-5-7-9(10)15/h5-7,11H,3-4H2,1-2H3. The van der Waals surface area contributed by atoms with E-state index in [0.717, 1.165) is 18.2 Å². The van der Waals surface area contributed by atoms with Crippen LogP contribution in [0.4, 0.5) is 8.78 Å². The maximum absolute atomic E-state index is 13.6. The first-order valence-corrected chi connectivity index (χ1v) is 5.80. The number of ether oxygens (including phenoxy) is 2. The van der Waals surface area contributed by atoms with Crippen molar-refractivity contribution in [1.29, 1.82) is 0 Å². The molecule has 0 radical (unpaired) electrons. The molecule has 0 bridgehead atoms. The van der Waals surface area contributed by atoms with Crippen molar-refractivity contribution in [3.8, 4) is 0 Å². The zero-order chi connectivity index (χ0) is 14.4. The molecule has 0 saturated heterocycles. The third kappa shape index (κ3) is 3.49. The van der Waals surface area contributed by atoms with Gasteiger partial charge in [-0.15, -0.1) is 0 Å². The van der Waals surface area contributed by atoms with Crippen LogP contribution in [0.25, 0.3) is 0 Å². The molecule has 0 unspecified atom stereocenters. The zero-order valence-corrected chi connectivity index (χ0v) is 10.6. The lowest BCUT2D eigenvalue weighted by molar-refractivity contribution is -0.157. The number of halogens is 2. The molecule has 1 aromatic carbocycles. The Morgan fingerprint density at radius 1 is 1.05 bits per heavy atom. The van der Waals surface area contributed by atoms with E-state index < -0.39 is 35.1 Å². The van der Waals surface area contributed by atoms with Crippen LogP contribution >= 0.6 is 0 Å². The van der Waals surface area contributed by atoms with Crippen LogP contribution < -0.4 is 0 Å². The Bertz CT molecular complexity index is 435. The number of benzene rings is 1. The fourth-order valence-corrected chi connectivity index (χ4v) is 1.57. The predicted molar refractivity (Wildman–Crippen MR) is 62.4 cm³/mol. The molecule has 0 aliphatic heterocycles. The van der Waals surface area contributed by atoms with E-state index in [2.05, 4.69) is 9.47 Å². The van der Waals surface area contributed by atoms with Crippen molar-refractivity contribution >= 4 is 11.9 Å². The van der Waals surface area contributed by atoms with Crippen molar-refractivity contribution in [2.75, 3.05) is 13.2 Å². The summed E-state index contributed by atoms with van der Waals surface area (Å²) in [5.41, 5.74) is -0.653. The second kappa shape index (κ2) is 6.82. The van der Waals surface area contributed by atoms with E-state index in [9.17, 15) is 18.4 Å². The molecule has 0 aliphatic rings. The molecule has 0 amide bonds. The lowest BCUT2D eigenvalue weighted by Gasteiger charge is -2.15. The summed E-state index contributed by atoms with van der Waals surface area (Å²) < 4.78 is 36.6. The van der Waals surface area contributed by atoms with Gasteiger partial charge in [0.1, 0.15) is 11.6 Å². The van der Waals surface area contributed by atoms with Crippen molar-refractivity contribution in [1.82, 2.24) is 0 Å². The van der Waals surface area contributed by atoms with Crippen molar-refractivity contribution in [2.45, 2.75) is 19.8 Å². The van der Waals surface area contributed by atoms with Gasteiger partial charge in [-0.25, -0.2) is 8.78 Å². The normalized spacial score (nSPS) is 10.4. The van der Waals surface area contributed by atoms with E-state index in [4.69, 9.17) is 0 Å². The van der Waals surface area contributed by atoms with Crippen molar-refractivity contribution in [2.24, 2.45) is 0 Å².